The summed E-state index contributed by atoms with van der Waals surface area (Å²) in [4.78, 5) is 12.2. The standard InChI is InChI=1S/C34H69NO3/c1-3-5-7-9-11-12-13-14-15-16-17-18-19-20-21-22-23-24-26-28-30-34(38)35-32(31-36)33(37)29-27-25-10-8-6-4-2/h32-33,36-37H,3-31H2,1-2H3,(H,35,38). The van der Waals surface area contributed by atoms with Gasteiger partial charge in [0.15, 0.2) is 0 Å². The number of aliphatic hydroxyl groups is 2. The Kier molecular flexibility index (Phi) is 30.4. The van der Waals surface area contributed by atoms with E-state index >= 15 is 0 Å². The number of carbonyl (C=O) groups excluding carboxylic acids is 1. The minimum atomic E-state index is -0.648. The fourth-order valence-electron chi connectivity index (χ4n) is 5.42. The van der Waals surface area contributed by atoms with Gasteiger partial charge in [0, 0.05) is 6.42 Å². The molecule has 0 spiro atoms. The first-order valence-corrected chi connectivity index (χ1v) is 17.2. The van der Waals surface area contributed by atoms with E-state index in [1.165, 1.54) is 141 Å². The van der Waals surface area contributed by atoms with Gasteiger partial charge in [0.2, 0.25) is 5.91 Å². The normalized spacial score (nSPS) is 13.1. The van der Waals surface area contributed by atoms with E-state index in [-0.39, 0.29) is 12.5 Å². The van der Waals surface area contributed by atoms with E-state index in [9.17, 15) is 15.0 Å². The molecule has 1 amide bonds. The highest BCUT2D eigenvalue weighted by Crippen LogP contribution is 2.15. The number of rotatable bonds is 31. The van der Waals surface area contributed by atoms with Crippen molar-refractivity contribution in [2.75, 3.05) is 6.61 Å². The Hall–Kier alpha value is -0.610. The topological polar surface area (TPSA) is 69.6 Å². The average Bonchev–Trinajstić information content (AvgIpc) is 2.92. The molecule has 0 aromatic carbocycles. The van der Waals surface area contributed by atoms with Crippen molar-refractivity contribution in [3.63, 3.8) is 0 Å². The van der Waals surface area contributed by atoms with Crippen LogP contribution >= 0.6 is 0 Å². The van der Waals surface area contributed by atoms with Crippen LogP contribution in [0.3, 0.4) is 0 Å². The minimum absolute atomic E-state index is 0.0338. The maximum atomic E-state index is 12.2. The molecule has 228 valence electrons. The molecule has 2 atom stereocenters. The molecular formula is C34H69NO3. The molecule has 0 aliphatic carbocycles. The molecular weight excluding hydrogens is 470 g/mol. The van der Waals surface area contributed by atoms with Gasteiger partial charge in [-0.25, -0.2) is 0 Å². The molecule has 38 heavy (non-hydrogen) atoms. The molecule has 0 fully saturated rings. The number of aliphatic hydroxyl groups excluding tert-OH is 2. The molecule has 4 nitrogen and oxygen atoms in total. The average molecular weight is 540 g/mol. The van der Waals surface area contributed by atoms with Crippen molar-refractivity contribution in [2.45, 2.75) is 206 Å². The van der Waals surface area contributed by atoms with E-state index in [1.807, 2.05) is 0 Å². The molecule has 2 unspecified atom stereocenters. The second kappa shape index (κ2) is 30.9. The minimum Gasteiger partial charge on any atom is -0.394 e. The van der Waals surface area contributed by atoms with Crippen LogP contribution in [0.4, 0.5) is 0 Å². The van der Waals surface area contributed by atoms with Crippen molar-refractivity contribution in [2.24, 2.45) is 0 Å². The number of nitrogens with one attached hydrogen (secondary N) is 1. The number of hydrogen-bond donors (Lipinski definition) is 3. The predicted octanol–water partition coefficient (Wildman–Crippen LogP) is 9.79. The van der Waals surface area contributed by atoms with Gasteiger partial charge in [-0.15, -0.1) is 0 Å². The van der Waals surface area contributed by atoms with Crippen molar-refractivity contribution >= 4 is 5.91 Å². The lowest BCUT2D eigenvalue weighted by molar-refractivity contribution is -0.123. The van der Waals surface area contributed by atoms with E-state index < -0.39 is 12.1 Å². The Bertz CT molecular complexity index is 471. The molecule has 0 aromatic rings. The van der Waals surface area contributed by atoms with Crippen LogP contribution in [0.25, 0.3) is 0 Å². The highest BCUT2D eigenvalue weighted by molar-refractivity contribution is 5.76. The molecule has 0 rings (SSSR count). The van der Waals surface area contributed by atoms with Gasteiger partial charge in [-0.2, -0.15) is 0 Å². The number of hydrogen-bond acceptors (Lipinski definition) is 3. The van der Waals surface area contributed by atoms with Gasteiger partial charge in [0.05, 0.1) is 18.8 Å². The van der Waals surface area contributed by atoms with Crippen LogP contribution in [-0.4, -0.2) is 34.9 Å². The molecule has 0 aromatic heterocycles. The summed E-state index contributed by atoms with van der Waals surface area (Å²) in [5, 5.41) is 22.8. The smallest absolute Gasteiger partial charge is 0.220 e. The molecule has 0 aliphatic heterocycles. The molecule has 0 saturated carbocycles. The summed E-state index contributed by atoms with van der Waals surface area (Å²) in [6.45, 7) is 4.30. The number of carbonyl (C=O) groups is 1. The third-order valence-corrected chi connectivity index (χ3v) is 8.12. The van der Waals surface area contributed by atoms with Crippen LogP contribution in [0.5, 0.6) is 0 Å². The highest BCUT2D eigenvalue weighted by Gasteiger charge is 2.19. The van der Waals surface area contributed by atoms with Gasteiger partial charge in [-0.05, 0) is 12.8 Å². The van der Waals surface area contributed by atoms with Crippen molar-refractivity contribution in [1.29, 1.82) is 0 Å². The van der Waals surface area contributed by atoms with Gasteiger partial charge in [-0.3, -0.25) is 4.79 Å². The summed E-state index contributed by atoms with van der Waals surface area (Å²) in [6, 6.07) is -0.525. The SMILES string of the molecule is CCCCCCCCCCCCCCCCCCCCCCC(=O)NC(CO)C(O)CCCCCCCC. The summed E-state index contributed by atoms with van der Waals surface area (Å²) in [6.07, 6.45) is 34.6. The highest BCUT2D eigenvalue weighted by atomic mass is 16.3. The first-order valence-electron chi connectivity index (χ1n) is 17.2. The van der Waals surface area contributed by atoms with Crippen LogP contribution in [0, 0.1) is 0 Å². The van der Waals surface area contributed by atoms with E-state index in [2.05, 4.69) is 19.2 Å². The van der Waals surface area contributed by atoms with Crippen molar-refractivity contribution in [1.82, 2.24) is 5.32 Å². The Morgan fingerprint density at radius 2 is 0.842 bits per heavy atom. The third kappa shape index (κ3) is 27.0. The van der Waals surface area contributed by atoms with Gasteiger partial charge in [0.25, 0.3) is 0 Å². The summed E-state index contributed by atoms with van der Waals surface area (Å²) >= 11 is 0. The lowest BCUT2D eigenvalue weighted by atomic mass is 10.0. The zero-order chi connectivity index (χ0) is 27.9. The van der Waals surface area contributed by atoms with Crippen LogP contribution in [-0.2, 0) is 4.79 Å². The van der Waals surface area contributed by atoms with Crippen LogP contribution in [0.1, 0.15) is 194 Å². The van der Waals surface area contributed by atoms with Crippen LogP contribution in [0.15, 0.2) is 0 Å². The summed E-state index contributed by atoms with van der Waals surface area (Å²) in [7, 11) is 0. The van der Waals surface area contributed by atoms with Gasteiger partial charge in [-0.1, -0.05) is 174 Å². The van der Waals surface area contributed by atoms with Crippen LogP contribution in [0.2, 0.25) is 0 Å². The zero-order valence-electron chi connectivity index (χ0n) is 26.0. The molecule has 0 heterocycles. The fraction of sp³-hybridized carbons (Fsp3) is 0.971. The Morgan fingerprint density at radius 3 is 1.18 bits per heavy atom. The maximum Gasteiger partial charge on any atom is 0.220 e. The van der Waals surface area contributed by atoms with Crippen LogP contribution < -0.4 is 5.32 Å². The van der Waals surface area contributed by atoms with Gasteiger partial charge < -0.3 is 15.5 Å². The summed E-state index contributed by atoms with van der Waals surface area (Å²) in [5.74, 6) is -0.0338. The molecule has 0 radical (unpaired) electrons. The fourth-order valence-corrected chi connectivity index (χ4v) is 5.42. The second-order valence-corrected chi connectivity index (χ2v) is 11.9. The molecule has 4 heteroatoms. The van der Waals surface area contributed by atoms with Crippen molar-refractivity contribution < 1.29 is 15.0 Å². The summed E-state index contributed by atoms with van der Waals surface area (Å²) in [5.41, 5.74) is 0. The molecule has 0 saturated heterocycles. The van der Waals surface area contributed by atoms with E-state index in [0.717, 1.165) is 25.7 Å². The number of unbranched alkanes of at least 4 members (excludes halogenated alkanes) is 24. The molecule has 0 aliphatic rings. The lowest BCUT2D eigenvalue weighted by Crippen LogP contribution is -2.45. The Labute approximate surface area is 238 Å². The third-order valence-electron chi connectivity index (χ3n) is 8.12. The van der Waals surface area contributed by atoms with Gasteiger partial charge in [0.1, 0.15) is 0 Å². The quantitative estimate of drug-likeness (QED) is 0.0768. The van der Waals surface area contributed by atoms with E-state index in [4.69, 9.17) is 0 Å². The largest absolute Gasteiger partial charge is 0.394 e. The van der Waals surface area contributed by atoms with Gasteiger partial charge >= 0.3 is 0 Å². The second-order valence-electron chi connectivity index (χ2n) is 11.9. The van der Waals surface area contributed by atoms with Crippen molar-refractivity contribution in [3.05, 3.63) is 0 Å². The molecule has 3 N–H and O–H groups in total. The molecule has 0 bridgehead atoms. The summed E-state index contributed by atoms with van der Waals surface area (Å²) < 4.78 is 0. The monoisotopic (exact) mass is 540 g/mol. The zero-order valence-corrected chi connectivity index (χ0v) is 26.0. The lowest BCUT2D eigenvalue weighted by Gasteiger charge is -2.22. The first kappa shape index (κ1) is 37.4. The maximum absolute atomic E-state index is 12.2. The number of amides is 1. The van der Waals surface area contributed by atoms with E-state index in [0.29, 0.717) is 12.8 Å². The van der Waals surface area contributed by atoms with Crippen molar-refractivity contribution in [3.8, 4) is 0 Å². The van der Waals surface area contributed by atoms with E-state index in [1.54, 1.807) is 0 Å². The first-order chi connectivity index (χ1) is 18.7. The predicted molar refractivity (Wildman–Crippen MR) is 166 cm³/mol. The Morgan fingerprint density at radius 1 is 0.526 bits per heavy atom. The Balaban J connectivity index is 3.42.